The molecule has 0 spiro atoms. The van der Waals surface area contributed by atoms with Gasteiger partial charge in [-0.15, -0.1) is 0 Å². The van der Waals surface area contributed by atoms with E-state index in [9.17, 15) is 9.59 Å². The van der Waals surface area contributed by atoms with E-state index in [0.29, 0.717) is 18.4 Å². The molecule has 4 heteroatoms. The monoisotopic (exact) mass is 294 g/mol. The van der Waals surface area contributed by atoms with E-state index in [1.54, 1.807) is 6.92 Å². The molecule has 21 heavy (non-hydrogen) atoms. The molecule has 1 N–H and O–H groups in total. The maximum Gasteiger partial charge on any atom is 0.225 e. The van der Waals surface area contributed by atoms with E-state index >= 15 is 0 Å². The Morgan fingerprint density at radius 2 is 1.81 bits per heavy atom. The predicted molar refractivity (Wildman–Crippen MR) is 83.7 cm³/mol. The van der Waals surface area contributed by atoms with Crippen LogP contribution in [0.4, 0.5) is 0 Å². The van der Waals surface area contributed by atoms with Gasteiger partial charge in [0.2, 0.25) is 11.8 Å². The summed E-state index contributed by atoms with van der Waals surface area (Å²) in [6.07, 6.45) is 5.56. The minimum absolute atomic E-state index is 0.0202. The quantitative estimate of drug-likeness (QED) is 0.865. The molecule has 4 nitrogen and oxygen atoms in total. The van der Waals surface area contributed by atoms with Gasteiger partial charge in [0.05, 0.1) is 0 Å². The molecule has 1 heterocycles. The van der Waals surface area contributed by atoms with Crippen molar-refractivity contribution in [1.82, 2.24) is 10.2 Å². The van der Waals surface area contributed by atoms with Crippen molar-refractivity contribution in [3.8, 4) is 0 Å². The summed E-state index contributed by atoms with van der Waals surface area (Å²) < 4.78 is 0. The highest BCUT2D eigenvalue weighted by Crippen LogP contribution is 2.34. The average Bonchev–Trinajstić information content (AvgIpc) is 2.93. The van der Waals surface area contributed by atoms with Crippen LogP contribution in [0.1, 0.15) is 52.9 Å². The number of hydrogen-bond donors (Lipinski definition) is 1. The molecular formula is C17H30N2O2. The molecule has 2 amide bonds. The second kappa shape index (κ2) is 7.28. The van der Waals surface area contributed by atoms with E-state index in [2.05, 4.69) is 19.2 Å². The zero-order valence-electron chi connectivity index (χ0n) is 13.7. The van der Waals surface area contributed by atoms with Gasteiger partial charge in [0.15, 0.2) is 0 Å². The number of rotatable bonds is 4. The second-order valence-electron chi connectivity index (χ2n) is 7.23. The number of amides is 2. The van der Waals surface area contributed by atoms with Gasteiger partial charge in [-0.2, -0.15) is 0 Å². The lowest BCUT2D eigenvalue weighted by Crippen LogP contribution is -2.37. The first-order valence-electron chi connectivity index (χ1n) is 8.50. The fourth-order valence-electron chi connectivity index (χ4n) is 3.78. The van der Waals surface area contributed by atoms with E-state index in [1.165, 1.54) is 12.8 Å². The Morgan fingerprint density at radius 3 is 2.38 bits per heavy atom. The smallest absolute Gasteiger partial charge is 0.225 e. The molecule has 0 aromatic rings. The molecule has 0 bridgehead atoms. The summed E-state index contributed by atoms with van der Waals surface area (Å²) in [5.74, 6) is 2.62. The minimum atomic E-state index is 0.0202. The molecule has 0 aromatic heterocycles. The molecule has 1 saturated carbocycles. The van der Waals surface area contributed by atoms with E-state index in [4.69, 9.17) is 0 Å². The fourth-order valence-corrected chi connectivity index (χ4v) is 3.78. The molecular weight excluding hydrogens is 264 g/mol. The lowest BCUT2D eigenvalue weighted by Gasteiger charge is -2.32. The Balaban J connectivity index is 1.76. The van der Waals surface area contributed by atoms with Crippen LogP contribution in [0.25, 0.3) is 0 Å². The van der Waals surface area contributed by atoms with Crippen molar-refractivity contribution in [2.24, 2.45) is 23.7 Å². The van der Waals surface area contributed by atoms with Crippen LogP contribution in [0.2, 0.25) is 0 Å². The number of nitrogens with one attached hydrogen (secondary N) is 1. The van der Waals surface area contributed by atoms with E-state index < -0.39 is 0 Å². The first-order valence-corrected chi connectivity index (χ1v) is 8.50. The lowest BCUT2D eigenvalue weighted by molar-refractivity contribution is -0.136. The SMILES string of the molecule is CC(=O)NC[C@@H]1CCN(C(=O)C2CCC(C(C)C)CC2)C1. The Kier molecular flexibility index (Phi) is 5.65. The van der Waals surface area contributed by atoms with Crippen molar-refractivity contribution >= 4 is 11.8 Å². The van der Waals surface area contributed by atoms with Gasteiger partial charge in [-0.05, 0) is 49.9 Å². The number of carbonyl (C=O) groups is 2. The van der Waals surface area contributed by atoms with Crippen molar-refractivity contribution in [2.45, 2.75) is 52.9 Å². The van der Waals surface area contributed by atoms with Gasteiger partial charge in [-0.3, -0.25) is 9.59 Å². The van der Waals surface area contributed by atoms with Crippen molar-refractivity contribution in [1.29, 1.82) is 0 Å². The van der Waals surface area contributed by atoms with Crippen LogP contribution in [-0.4, -0.2) is 36.3 Å². The maximum atomic E-state index is 12.6. The summed E-state index contributed by atoms with van der Waals surface area (Å²) in [6, 6.07) is 0. The highest BCUT2D eigenvalue weighted by molar-refractivity contribution is 5.79. The minimum Gasteiger partial charge on any atom is -0.356 e. The molecule has 0 unspecified atom stereocenters. The van der Waals surface area contributed by atoms with Crippen molar-refractivity contribution in [3.05, 3.63) is 0 Å². The Morgan fingerprint density at radius 1 is 1.14 bits per heavy atom. The maximum absolute atomic E-state index is 12.6. The largest absolute Gasteiger partial charge is 0.356 e. The highest BCUT2D eigenvalue weighted by atomic mass is 16.2. The molecule has 2 aliphatic rings. The van der Waals surface area contributed by atoms with Gasteiger partial charge >= 0.3 is 0 Å². The summed E-state index contributed by atoms with van der Waals surface area (Å²) in [7, 11) is 0. The van der Waals surface area contributed by atoms with Crippen molar-refractivity contribution < 1.29 is 9.59 Å². The van der Waals surface area contributed by atoms with Gasteiger partial charge in [0, 0.05) is 32.5 Å². The number of hydrogen-bond acceptors (Lipinski definition) is 2. The van der Waals surface area contributed by atoms with Crippen molar-refractivity contribution in [2.75, 3.05) is 19.6 Å². The number of carbonyl (C=O) groups excluding carboxylic acids is 2. The third-order valence-corrected chi connectivity index (χ3v) is 5.30. The van der Waals surface area contributed by atoms with Gasteiger partial charge in [-0.25, -0.2) is 0 Å². The zero-order valence-corrected chi connectivity index (χ0v) is 13.7. The lowest BCUT2D eigenvalue weighted by atomic mass is 9.76. The van der Waals surface area contributed by atoms with Crippen LogP contribution in [0.5, 0.6) is 0 Å². The molecule has 2 rings (SSSR count). The van der Waals surface area contributed by atoms with Gasteiger partial charge in [-0.1, -0.05) is 13.8 Å². The average molecular weight is 294 g/mol. The number of likely N-dealkylation sites (tertiary alicyclic amines) is 1. The summed E-state index contributed by atoms with van der Waals surface area (Å²) in [6.45, 7) is 8.53. The molecule has 2 fully saturated rings. The summed E-state index contributed by atoms with van der Waals surface area (Å²) in [4.78, 5) is 25.6. The van der Waals surface area contributed by atoms with Crippen LogP contribution in [0.3, 0.4) is 0 Å². The topological polar surface area (TPSA) is 49.4 Å². The van der Waals surface area contributed by atoms with E-state index in [0.717, 1.165) is 44.2 Å². The molecule has 1 aliphatic heterocycles. The molecule has 1 aliphatic carbocycles. The molecule has 0 aromatic carbocycles. The van der Waals surface area contributed by atoms with Crippen LogP contribution in [0, 0.1) is 23.7 Å². The third-order valence-electron chi connectivity index (χ3n) is 5.30. The van der Waals surface area contributed by atoms with Crippen LogP contribution in [-0.2, 0) is 9.59 Å². The van der Waals surface area contributed by atoms with E-state index in [-0.39, 0.29) is 11.8 Å². The number of nitrogens with zero attached hydrogens (tertiary/aromatic N) is 1. The summed E-state index contributed by atoms with van der Waals surface area (Å²) >= 11 is 0. The molecule has 0 radical (unpaired) electrons. The second-order valence-corrected chi connectivity index (χ2v) is 7.23. The Bertz CT molecular complexity index is 373. The molecule has 120 valence electrons. The first kappa shape index (κ1) is 16.3. The first-order chi connectivity index (χ1) is 9.97. The molecule has 1 saturated heterocycles. The van der Waals surface area contributed by atoms with Crippen LogP contribution >= 0.6 is 0 Å². The summed E-state index contributed by atoms with van der Waals surface area (Å²) in [5.41, 5.74) is 0. The third kappa shape index (κ3) is 4.45. The van der Waals surface area contributed by atoms with Crippen molar-refractivity contribution in [3.63, 3.8) is 0 Å². The highest BCUT2D eigenvalue weighted by Gasteiger charge is 2.33. The van der Waals surface area contributed by atoms with Gasteiger partial charge < -0.3 is 10.2 Å². The normalized spacial score (nSPS) is 29.7. The van der Waals surface area contributed by atoms with Gasteiger partial charge in [0.1, 0.15) is 0 Å². The van der Waals surface area contributed by atoms with Gasteiger partial charge in [0.25, 0.3) is 0 Å². The fraction of sp³-hybridized carbons (Fsp3) is 0.882. The van der Waals surface area contributed by atoms with Crippen LogP contribution in [0.15, 0.2) is 0 Å². The summed E-state index contributed by atoms with van der Waals surface area (Å²) in [5, 5.41) is 2.87. The van der Waals surface area contributed by atoms with E-state index in [1.807, 2.05) is 4.90 Å². The van der Waals surface area contributed by atoms with Crippen LogP contribution < -0.4 is 5.32 Å². The standard InChI is InChI=1S/C17H30N2O2/c1-12(2)15-4-6-16(7-5-15)17(21)19-9-8-14(11-19)10-18-13(3)20/h12,14-16H,4-11H2,1-3H3,(H,18,20)/t14-,15?,16?/m0/s1. The molecule has 1 atom stereocenters. The zero-order chi connectivity index (χ0) is 15.4. The Labute approximate surface area is 128 Å². The Hall–Kier alpha value is -1.06. The predicted octanol–water partition coefficient (Wildman–Crippen LogP) is 2.43.